The number of hydrogen-bond acceptors (Lipinski definition) is 3. The van der Waals surface area contributed by atoms with Gasteiger partial charge in [-0.2, -0.15) is 0 Å². The fraction of sp³-hybridized carbons (Fsp3) is 0.118. The van der Waals surface area contributed by atoms with Gasteiger partial charge >= 0.3 is 0 Å². The first-order chi connectivity index (χ1) is 10.2. The maximum absolute atomic E-state index is 12.3. The molecule has 0 saturated carbocycles. The van der Waals surface area contributed by atoms with Crippen LogP contribution in [0.1, 0.15) is 26.3 Å². The van der Waals surface area contributed by atoms with Crippen molar-refractivity contribution in [2.24, 2.45) is 0 Å². The second-order valence-corrected chi connectivity index (χ2v) is 4.85. The SMILES string of the molecule is O=[C][C@H](Cc1ccccc1)N1C(=O)c2ccccc2C1=O. The Morgan fingerprint density at radius 3 is 1.90 bits per heavy atom. The second kappa shape index (κ2) is 5.32. The van der Waals surface area contributed by atoms with E-state index >= 15 is 0 Å². The molecule has 1 aliphatic heterocycles. The predicted octanol–water partition coefficient (Wildman–Crippen LogP) is 2.00. The van der Waals surface area contributed by atoms with Crippen molar-refractivity contribution < 1.29 is 14.4 Å². The van der Waals surface area contributed by atoms with Crippen molar-refractivity contribution in [2.45, 2.75) is 12.5 Å². The Hall–Kier alpha value is -2.75. The molecule has 0 N–H and O–H groups in total. The largest absolute Gasteiger partial charge is 0.288 e. The van der Waals surface area contributed by atoms with Crippen molar-refractivity contribution in [3.63, 3.8) is 0 Å². The van der Waals surface area contributed by atoms with E-state index in [9.17, 15) is 14.4 Å². The first kappa shape index (κ1) is 13.2. The van der Waals surface area contributed by atoms with Gasteiger partial charge in [0.15, 0.2) is 0 Å². The number of carbonyl (C=O) groups excluding carboxylic acids is 3. The average Bonchev–Trinajstić information content (AvgIpc) is 2.78. The molecule has 4 nitrogen and oxygen atoms in total. The highest BCUT2D eigenvalue weighted by Gasteiger charge is 2.39. The quantitative estimate of drug-likeness (QED) is 0.804. The van der Waals surface area contributed by atoms with E-state index in [1.54, 1.807) is 24.3 Å². The van der Waals surface area contributed by atoms with Crippen molar-refractivity contribution >= 4 is 18.1 Å². The molecule has 0 aliphatic carbocycles. The van der Waals surface area contributed by atoms with Gasteiger partial charge in [-0.1, -0.05) is 42.5 Å². The van der Waals surface area contributed by atoms with Crippen LogP contribution in [-0.4, -0.2) is 29.0 Å². The molecule has 1 aliphatic rings. The van der Waals surface area contributed by atoms with E-state index in [2.05, 4.69) is 0 Å². The van der Waals surface area contributed by atoms with Gasteiger partial charge in [0.05, 0.1) is 11.1 Å². The van der Waals surface area contributed by atoms with Gasteiger partial charge in [0.1, 0.15) is 6.04 Å². The summed E-state index contributed by atoms with van der Waals surface area (Å²) in [5, 5.41) is 0. The van der Waals surface area contributed by atoms with Gasteiger partial charge in [-0.05, 0) is 17.7 Å². The van der Waals surface area contributed by atoms with Gasteiger partial charge in [0.25, 0.3) is 11.8 Å². The number of nitrogens with zero attached hydrogens (tertiary/aromatic N) is 1. The van der Waals surface area contributed by atoms with Crippen molar-refractivity contribution in [1.29, 1.82) is 0 Å². The Kier molecular flexibility index (Phi) is 3.36. The van der Waals surface area contributed by atoms with Crippen LogP contribution < -0.4 is 0 Å². The fourth-order valence-corrected chi connectivity index (χ4v) is 2.51. The molecule has 0 fully saturated rings. The maximum atomic E-state index is 12.3. The molecular weight excluding hydrogens is 266 g/mol. The highest BCUT2D eigenvalue weighted by Crippen LogP contribution is 2.25. The van der Waals surface area contributed by atoms with E-state index < -0.39 is 17.9 Å². The van der Waals surface area contributed by atoms with Crippen LogP contribution in [0.15, 0.2) is 54.6 Å². The summed E-state index contributed by atoms with van der Waals surface area (Å²) in [6, 6.07) is 14.9. The third kappa shape index (κ3) is 2.25. The summed E-state index contributed by atoms with van der Waals surface area (Å²) in [4.78, 5) is 36.9. The van der Waals surface area contributed by atoms with Gasteiger partial charge in [0, 0.05) is 6.42 Å². The molecule has 0 unspecified atom stereocenters. The van der Waals surface area contributed by atoms with Crippen LogP contribution in [0.2, 0.25) is 0 Å². The number of hydrogen-bond donors (Lipinski definition) is 0. The number of amides is 2. The Labute approximate surface area is 122 Å². The molecule has 4 heteroatoms. The van der Waals surface area contributed by atoms with E-state index in [0.717, 1.165) is 10.5 Å². The summed E-state index contributed by atoms with van der Waals surface area (Å²) < 4.78 is 0. The molecule has 103 valence electrons. The zero-order chi connectivity index (χ0) is 14.8. The Balaban J connectivity index is 1.91. The average molecular weight is 278 g/mol. The molecule has 2 aromatic rings. The molecule has 3 rings (SSSR count). The third-order valence-corrected chi connectivity index (χ3v) is 3.55. The standard InChI is InChI=1S/C17H12NO3/c19-11-13(10-12-6-2-1-3-7-12)18-16(20)14-8-4-5-9-15(14)17(18)21/h1-9,13H,10H2/t13-/m0/s1. The van der Waals surface area contributed by atoms with Crippen LogP contribution in [0.4, 0.5) is 0 Å². The molecule has 0 saturated heterocycles. The van der Waals surface area contributed by atoms with E-state index in [1.807, 2.05) is 36.6 Å². The monoisotopic (exact) mass is 278 g/mol. The van der Waals surface area contributed by atoms with Crippen LogP contribution >= 0.6 is 0 Å². The maximum Gasteiger partial charge on any atom is 0.262 e. The van der Waals surface area contributed by atoms with Crippen LogP contribution in [0.25, 0.3) is 0 Å². The van der Waals surface area contributed by atoms with E-state index in [-0.39, 0.29) is 6.42 Å². The topological polar surface area (TPSA) is 54.5 Å². The van der Waals surface area contributed by atoms with Crippen LogP contribution in [0.5, 0.6) is 0 Å². The zero-order valence-corrected chi connectivity index (χ0v) is 11.2. The molecule has 1 atom stereocenters. The minimum atomic E-state index is -0.903. The Morgan fingerprint density at radius 2 is 1.38 bits per heavy atom. The number of carbonyl (C=O) groups is 2. The zero-order valence-electron chi connectivity index (χ0n) is 11.2. The Bertz CT molecular complexity index is 674. The van der Waals surface area contributed by atoms with Crippen LogP contribution in [-0.2, 0) is 11.2 Å². The van der Waals surface area contributed by atoms with Gasteiger partial charge in [-0.25, -0.2) is 0 Å². The van der Waals surface area contributed by atoms with Crippen molar-refractivity contribution in [2.75, 3.05) is 0 Å². The lowest BCUT2D eigenvalue weighted by atomic mass is 10.1. The lowest BCUT2D eigenvalue weighted by Crippen LogP contribution is -2.42. The van der Waals surface area contributed by atoms with E-state index in [4.69, 9.17) is 0 Å². The summed E-state index contributed by atoms with van der Waals surface area (Å²) >= 11 is 0. The van der Waals surface area contributed by atoms with Gasteiger partial charge in [-0.3, -0.25) is 19.3 Å². The molecule has 1 radical (unpaired) electrons. The van der Waals surface area contributed by atoms with Crippen LogP contribution in [0, 0.1) is 0 Å². The molecule has 21 heavy (non-hydrogen) atoms. The summed E-state index contributed by atoms with van der Waals surface area (Å²) in [6.45, 7) is 0. The first-order valence-corrected chi connectivity index (χ1v) is 6.61. The number of rotatable bonds is 4. The molecule has 1 heterocycles. The van der Waals surface area contributed by atoms with Crippen molar-refractivity contribution in [1.82, 2.24) is 4.90 Å². The summed E-state index contributed by atoms with van der Waals surface area (Å²) in [6.07, 6.45) is 2.10. The fourth-order valence-electron chi connectivity index (χ4n) is 2.51. The number of imide groups is 1. The lowest BCUT2D eigenvalue weighted by Gasteiger charge is -2.20. The molecule has 2 amide bonds. The Morgan fingerprint density at radius 1 is 0.857 bits per heavy atom. The molecule has 2 aromatic carbocycles. The highest BCUT2D eigenvalue weighted by atomic mass is 16.2. The number of benzene rings is 2. The van der Waals surface area contributed by atoms with Gasteiger partial charge < -0.3 is 0 Å². The number of fused-ring (bicyclic) bond motifs is 1. The second-order valence-electron chi connectivity index (χ2n) is 4.85. The van der Waals surface area contributed by atoms with E-state index in [0.29, 0.717) is 11.1 Å². The molecule has 0 spiro atoms. The van der Waals surface area contributed by atoms with Gasteiger partial charge in [0.2, 0.25) is 6.29 Å². The molecule has 0 aromatic heterocycles. The van der Waals surface area contributed by atoms with Crippen LogP contribution in [0.3, 0.4) is 0 Å². The highest BCUT2D eigenvalue weighted by molar-refractivity contribution is 6.22. The summed E-state index contributed by atoms with van der Waals surface area (Å²) in [5.74, 6) is -0.861. The third-order valence-electron chi connectivity index (χ3n) is 3.55. The minimum Gasteiger partial charge on any atom is -0.288 e. The van der Waals surface area contributed by atoms with Crippen molar-refractivity contribution in [3.8, 4) is 0 Å². The molecular formula is C17H12NO3. The minimum absolute atomic E-state index is 0.274. The predicted molar refractivity (Wildman–Crippen MR) is 76.6 cm³/mol. The van der Waals surface area contributed by atoms with E-state index in [1.165, 1.54) is 0 Å². The van der Waals surface area contributed by atoms with Crippen molar-refractivity contribution in [3.05, 3.63) is 71.3 Å². The van der Waals surface area contributed by atoms with Gasteiger partial charge in [-0.15, -0.1) is 0 Å². The lowest BCUT2D eigenvalue weighted by molar-refractivity contribution is 0.0623. The first-order valence-electron chi connectivity index (χ1n) is 6.61. The summed E-state index contributed by atoms with van der Waals surface area (Å²) in [7, 11) is 0. The molecule has 0 bridgehead atoms. The smallest absolute Gasteiger partial charge is 0.262 e. The summed E-state index contributed by atoms with van der Waals surface area (Å²) in [5.41, 5.74) is 1.56. The normalized spacial score (nSPS) is 15.0.